The van der Waals surface area contributed by atoms with Gasteiger partial charge in [0.25, 0.3) is 0 Å². The van der Waals surface area contributed by atoms with Gasteiger partial charge in [-0.25, -0.2) is 8.42 Å². The molecule has 1 N–H and O–H groups in total. The van der Waals surface area contributed by atoms with Crippen molar-refractivity contribution < 1.29 is 18.3 Å². The minimum atomic E-state index is -3.74. The van der Waals surface area contributed by atoms with E-state index in [9.17, 15) is 13.2 Å². The number of rotatable bonds is 5. The largest absolute Gasteiger partial charge is 0.480 e. The van der Waals surface area contributed by atoms with Crippen molar-refractivity contribution in [1.82, 2.24) is 4.98 Å². The minimum absolute atomic E-state index is 0.0562. The van der Waals surface area contributed by atoms with Crippen molar-refractivity contribution in [2.75, 3.05) is 0 Å². The number of aromatic nitrogens is 1. The number of carbonyl (C=O) groups is 1. The van der Waals surface area contributed by atoms with Crippen LogP contribution in [0.15, 0.2) is 36.5 Å². The fraction of sp³-hybridized carbons (Fsp3) is 0.286. The Morgan fingerprint density at radius 1 is 1.30 bits per heavy atom. The number of aliphatic carboxylic acids is 1. The number of para-hydroxylation sites is 1. The number of sulfone groups is 1. The quantitative estimate of drug-likeness (QED) is 0.911. The number of hydrogen-bond donors (Lipinski definition) is 1. The summed E-state index contributed by atoms with van der Waals surface area (Å²) >= 11 is 0. The summed E-state index contributed by atoms with van der Waals surface area (Å²) in [4.78, 5) is 15.2. The lowest BCUT2D eigenvalue weighted by atomic mass is 10.1. The molecule has 1 atom stereocenters. The predicted molar refractivity (Wildman–Crippen MR) is 76.1 cm³/mol. The first-order chi connectivity index (χ1) is 9.45. The normalized spacial score (nSPS) is 13.2. The van der Waals surface area contributed by atoms with Crippen LogP contribution in [0.5, 0.6) is 0 Å². The Morgan fingerprint density at radius 2 is 2.00 bits per heavy atom. The standard InChI is InChI=1S/C14H15NO4S/c1-2-13(14(16)17)20(18,19)9-10-7-8-15-12-6-4-3-5-11(10)12/h3-8,13H,2,9H2,1H3,(H,16,17). The smallest absolute Gasteiger partial charge is 0.321 e. The number of nitrogens with zero attached hydrogens (tertiary/aromatic N) is 1. The molecule has 1 aromatic heterocycles. The van der Waals surface area contributed by atoms with Crippen molar-refractivity contribution >= 4 is 26.7 Å². The molecule has 2 aromatic rings. The molecule has 106 valence electrons. The van der Waals surface area contributed by atoms with Gasteiger partial charge in [0.2, 0.25) is 0 Å². The molecule has 0 saturated heterocycles. The zero-order valence-corrected chi connectivity index (χ0v) is 11.8. The first-order valence-electron chi connectivity index (χ1n) is 6.22. The van der Waals surface area contributed by atoms with Crippen LogP contribution in [0.3, 0.4) is 0 Å². The highest BCUT2D eigenvalue weighted by Gasteiger charge is 2.31. The zero-order valence-electron chi connectivity index (χ0n) is 11.0. The lowest BCUT2D eigenvalue weighted by Gasteiger charge is -2.12. The monoisotopic (exact) mass is 293 g/mol. The number of carboxylic acids is 1. The average molecular weight is 293 g/mol. The summed E-state index contributed by atoms with van der Waals surface area (Å²) in [6, 6.07) is 8.82. The first kappa shape index (κ1) is 14.5. The topological polar surface area (TPSA) is 84.3 Å². The molecule has 5 nitrogen and oxygen atoms in total. The van der Waals surface area contributed by atoms with Gasteiger partial charge < -0.3 is 5.11 Å². The van der Waals surface area contributed by atoms with Crippen LogP contribution in [0.4, 0.5) is 0 Å². The molecule has 1 heterocycles. The SMILES string of the molecule is CCC(C(=O)O)S(=O)(=O)Cc1ccnc2ccccc12. The van der Waals surface area contributed by atoms with Crippen molar-refractivity contribution in [3.63, 3.8) is 0 Å². The average Bonchev–Trinajstić information content (AvgIpc) is 2.38. The fourth-order valence-corrected chi connectivity index (χ4v) is 3.88. The van der Waals surface area contributed by atoms with Gasteiger partial charge >= 0.3 is 5.97 Å². The molecule has 6 heteroatoms. The van der Waals surface area contributed by atoms with Crippen molar-refractivity contribution in [2.24, 2.45) is 0 Å². The van der Waals surface area contributed by atoms with E-state index in [4.69, 9.17) is 5.11 Å². The molecule has 0 aliphatic rings. The number of fused-ring (bicyclic) bond motifs is 1. The predicted octanol–water partition coefficient (Wildman–Crippen LogP) is 2.01. The van der Waals surface area contributed by atoms with Crippen LogP contribution in [-0.4, -0.2) is 29.7 Å². The van der Waals surface area contributed by atoms with Crippen molar-refractivity contribution in [2.45, 2.75) is 24.3 Å². The van der Waals surface area contributed by atoms with Crippen LogP contribution < -0.4 is 0 Å². The van der Waals surface area contributed by atoms with E-state index >= 15 is 0 Å². The number of hydrogen-bond acceptors (Lipinski definition) is 4. The van der Waals surface area contributed by atoms with E-state index in [1.54, 1.807) is 31.2 Å². The molecular formula is C14H15NO4S. The highest BCUT2D eigenvalue weighted by Crippen LogP contribution is 2.21. The minimum Gasteiger partial charge on any atom is -0.480 e. The van der Waals surface area contributed by atoms with Crippen molar-refractivity contribution in [1.29, 1.82) is 0 Å². The Hall–Kier alpha value is -1.95. The summed E-state index contributed by atoms with van der Waals surface area (Å²) < 4.78 is 24.4. The van der Waals surface area contributed by atoms with Crippen molar-refractivity contribution in [3.05, 3.63) is 42.1 Å². The summed E-state index contributed by atoms with van der Waals surface area (Å²) in [6.07, 6.45) is 1.59. The Bertz CT molecular complexity index is 734. The van der Waals surface area contributed by atoms with Crippen LogP contribution in [-0.2, 0) is 20.4 Å². The molecule has 0 saturated carbocycles. The zero-order chi connectivity index (χ0) is 14.8. The van der Waals surface area contributed by atoms with E-state index in [2.05, 4.69) is 4.98 Å². The summed E-state index contributed by atoms with van der Waals surface area (Å²) in [6.45, 7) is 1.56. The van der Waals surface area contributed by atoms with Crippen LogP contribution in [0.1, 0.15) is 18.9 Å². The molecule has 0 fully saturated rings. The summed E-state index contributed by atoms with van der Waals surface area (Å²) in [5.41, 5.74) is 1.28. The third-order valence-corrected chi connectivity index (χ3v) is 5.29. The highest BCUT2D eigenvalue weighted by molar-refractivity contribution is 7.92. The van der Waals surface area contributed by atoms with E-state index in [1.807, 2.05) is 6.07 Å². The Kier molecular flexibility index (Phi) is 4.04. The molecule has 0 bridgehead atoms. The van der Waals surface area contributed by atoms with Crippen molar-refractivity contribution in [3.8, 4) is 0 Å². The van der Waals surface area contributed by atoms with Gasteiger partial charge in [0.1, 0.15) is 0 Å². The van der Waals surface area contributed by atoms with Gasteiger partial charge in [-0.05, 0) is 24.1 Å². The van der Waals surface area contributed by atoms with Gasteiger partial charge in [-0.1, -0.05) is 25.1 Å². The van der Waals surface area contributed by atoms with Gasteiger partial charge in [-0.3, -0.25) is 9.78 Å². The second-order valence-corrected chi connectivity index (χ2v) is 6.71. The fourth-order valence-electron chi connectivity index (χ4n) is 2.18. The van der Waals surface area contributed by atoms with E-state index in [-0.39, 0.29) is 12.2 Å². The second kappa shape index (κ2) is 5.58. The number of pyridine rings is 1. The van der Waals surface area contributed by atoms with Gasteiger partial charge in [0.15, 0.2) is 15.1 Å². The first-order valence-corrected chi connectivity index (χ1v) is 7.94. The molecule has 1 unspecified atom stereocenters. The molecule has 1 aromatic carbocycles. The van der Waals surface area contributed by atoms with E-state index in [1.165, 1.54) is 6.20 Å². The van der Waals surface area contributed by atoms with E-state index in [0.717, 1.165) is 5.39 Å². The van der Waals surface area contributed by atoms with Crippen LogP contribution >= 0.6 is 0 Å². The molecule has 2 rings (SSSR count). The van der Waals surface area contributed by atoms with Gasteiger partial charge in [-0.15, -0.1) is 0 Å². The third-order valence-electron chi connectivity index (χ3n) is 3.18. The maximum atomic E-state index is 12.2. The molecule has 0 amide bonds. The Labute approximate surface area is 117 Å². The maximum absolute atomic E-state index is 12.2. The summed E-state index contributed by atoms with van der Waals surface area (Å²) in [5.74, 6) is -1.59. The van der Waals surface area contributed by atoms with Crippen LogP contribution in [0.25, 0.3) is 10.9 Å². The molecule has 0 radical (unpaired) electrons. The summed E-state index contributed by atoms with van der Waals surface area (Å²) in [7, 11) is -3.74. The van der Waals surface area contributed by atoms with E-state index in [0.29, 0.717) is 11.1 Å². The molecule has 20 heavy (non-hydrogen) atoms. The molecule has 0 aliphatic carbocycles. The third kappa shape index (κ3) is 2.80. The Morgan fingerprint density at radius 3 is 2.65 bits per heavy atom. The highest BCUT2D eigenvalue weighted by atomic mass is 32.2. The van der Waals surface area contributed by atoms with Crippen LogP contribution in [0.2, 0.25) is 0 Å². The summed E-state index contributed by atoms with van der Waals surface area (Å²) in [5, 5.41) is 8.38. The lowest BCUT2D eigenvalue weighted by molar-refractivity contribution is -0.136. The number of carboxylic acid groups (broad SMARTS) is 1. The van der Waals surface area contributed by atoms with E-state index < -0.39 is 21.1 Å². The van der Waals surface area contributed by atoms with Gasteiger partial charge in [0.05, 0.1) is 11.3 Å². The molecular weight excluding hydrogens is 278 g/mol. The van der Waals surface area contributed by atoms with Gasteiger partial charge in [-0.2, -0.15) is 0 Å². The van der Waals surface area contributed by atoms with Crippen LogP contribution in [0, 0.1) is 0 Å². The van der Waals surface area contributed by atoms with Gasteiger partial charge in [0, 0.05) is 11.6 Å². The number of benzene rings is 1. The molecule has 0 aliphatic heterocycles. The second-order valence-electron chi connectivity index (χ2n) is 4.53. The maximum Gasteiger partial charge on any atom is 0.321 e. The molecule has 0 spiro atoms. The Balaban J connectivity index is 2.44. The lowest BCUT2D eigenvalue weighted by Crippen LogP contribution is -2.30.